The molecule has 35 heavy (non-hydrogen) atoms. The number of hydrogen-bond donors (Lipinski definition) is 1. The number of carbonyl (C=O) groups excluding carboxylic acids is 1. The van der Waals surface area contributed by atoms with Gasteiger partial charge in [-0.05, 0) is 37.3 Å². The standard InChI is InChI=1S/C21H14Cl3F3N6O2/c1-11(19-30-10-31-33(19)17-3-2-12(7-28)8-29-17)32-20(34)13-4-14(21(25,26)27)6-15(5-13)35-9-16(22)18(23)24/h2-6,8,10-11H,9H2,1H3,(H,32,34)/t11-/m0/s1. The third-order valence-corrected chi connectivity index (χ3v) is 5.42. The lowest BCUT2D eigenvalue weighted by Crippen LogP contribution is -2.29. The monoisotopic (exact) mass is 544 g/mol. The molecule has 2 aromatic heterocycles. The van der Waals surface area contributed by atoms with Gasteiger partial charge >= 0.3 is 6.18 Å². The first-order chi connectivity index (χ1) is 16.5. The molecular weight excluding hydrogens is 532 g/mol. The number of rotatable bonds is 7. The molecule has 1 amide bonds. The van der Waals surface area contributed by atoms with Crippen molar-refractivity contribution in [3.63, 3.8) is 0 Å². The third-order valence-electron chi connectivity index (χ3n) is 4.47. The van der Waals surface area contributed by atoms with Crippen molar-refractivity contribution in [1.29, 1.82) is 5.26 Å². The largest absolute Gasteiger partial charge is 0.488 e. The van der Waals surface area contributed by atoms with E-state index in [1.54, 1.807) is 6.92 Å². The van der Waals surface area contributed by atoms with E-state index in [-0.39, 0.29) is 26.7 Å². The normalized spacial score (nSPS) is 11.9. The smallest absolute Gasteiger partial charge is 0.416 e. The Labute approximate surface area is 211 Å². The summed E-state index contributed by atoms with van der Waals surface area (Å²) in [5.74, 6) is -0.508. The number of alkyl halides is 3. The number of nitriles is 1. The molecule has 0 unspecified atom stereocenters. The van der Waals surface area contributed by atoms with Gasteiger partial charge in [-0.15, -0.1) is 0 Å². The van der Waals surface area contributed by atoms with E-state index in [1.165, 1.54) is 29.3 Å². The SMILES string of the molecule is C[C@H](NC(=O)c1cc(OCC(Cl)=C(Cl)Cl)cc(C(F)(F)F)c1)c1ncnn1-c1ccc(C#N)cn1. The number of ether oxygens (including phenoxy) is 1. The molecule has 182 valence electrons. The fraction of sp³-hybridized carbons (Fsp3) is 0.190. The summed E-state index contributed by atoms with van der Waals surface area (Å²) >= 11 is 16.8. The quantitative estimate of drug-likeness (QED) is 0.431. The van der Waals surface area contributed by atoms with Crippen LogP contribution in [0.1, 0.15) is 40.3 Å². The highest BCUT2D eigenvalue weighted by Gasteiger charge is 2.32. The lowest BCUT2D eigenvalue weighted by atomic mass is 10.1. The summed E-state index contributed by atoms with van der Waals surface area (Å²) in [7, 11) is 0. The lowest BCUT2D eigenvalue weighted by molar-refractivity contribution is -0.137. The number of amides is 1. The summed E-state index contributed by atoms with van der Waals surface area (Å²) in [4.78, 5) is 21.1. The molecule has 8 nitrogen and oxygen atoms in total. The number of pyridine rings is 1. The molecule has 3 rings (SSSR count). The average molecular weight is 546 g/mol. The van der Waals surface area contributed by atoms with Gasteiger partial charge in [0.05, 0.1) is 22.2 Å². The number of carbonyl (C=O) groups is 1. The molecule has 0 spiro atoms. The first kappa shape index (κ1) is 26.3. The maximum absolute atomic E-state index is 13.4. The highest BCUT2D eigenvalue weighted by atomic mass is 35.5. The van der Waals surface area contributed by atoms with Gasteiger partial charge in [-0.3, -0.25) is 4.79 Å². The summed E-state index contributed by atoms with van der Waals surface area (Å²) < 4.78 is 46.5. The second kappa shape index (κ2) is 10.9. The van der Waals surface area contributed by atoms with Crippen LogP contribution in [-0.2, 0) is 6.18 Å². The van der Waals surface area contributed by atoms with Gasteiger partial charge in [-0.2, -0.15) is 28.2 Å². The molecule has 0 saturated heterocycles. The van der Waals surface area contributed by atoms with Crippen molar-refractivity contribution in [2.45, 2.75) is 19.1 Å². The van der Waals surface area contributed by atoms with Crippen LogP contribution in [0.15, 0.2) is 52.4 Å². The minimum atomic E-state index is -4.74. The van der Waals surface area contributed by atoms with E-state index >= 15 is 0 Å². The van der Waals surface area contributed by atoms with Crippen LogP contribution in [0.2, 0.25) is 0 Å². The fourth-order valence-electron chi connectivity index (χ4n) is 2.82. The molecule has 3 aromatic rings. The van der Waals surface area contributed by atoms with Gasteiger partial charge in [0.25, 0.3) is 5.91 Å². The summed E-state index contributed by atoms with van der Waals surface area (Å²) in [6, 6.07) is 6.76. The molecule has 1 atom stereocenters. The Morgan fingerprint density at radius 1 is 1.23 bits per heavy atom. The van der Waals surface area contributed by atoms with Crippen LogP contribution in [0.25, 0.3) is 5.82 Å². The Morgan fingerprint density at radius 2 is 1.97 bits per heavy atom. The first-order valence-corrected chi connectivity index (χ1v) is 10.7. The highest BCUT2D eigenvalue weighted by molar-refractivity contribution is 6.59. The zero-order valence-corrected chi connectivity index (χ0v) is 19.9. The predicted octanol–water partition coefficient (Wildman–Crippen LogP) is 5.31. The number of halogens is 6. The molecule has 0 bridgehead atoms. The second-order valence-electron chi connectivity index (χ2n) is 6.94. The third kappa shape index (κ3) is 6.63. The van der Waals surface area contributed by atoms with Crippen molar-refractivity contribution in [3.05, 3.63) is 74.9 Å². The Kier molecular flexibility index (Phi) is 8.22. The number of hydrogen-bond acceptors (Lipinski definition) is 6. The van der Waals surface area contributed by atoms with Crippen molar-refractivity contribution in [3.8, 4) is 17.6 Å². The molecule has 0 fully saturated rings. The molecule has 1 N–H and O–H groups in total. The number of nitrogens with zero attached hydrogens (tertiary/aromatic N) is 5. The van der Waals surface area contributed by atoms with E-state index in [0.717, 1.165) is 12.1 Å². The Balaban J connectivity index is 1.85. The molecule has 14 heteroatoms. The first-order valence-electron chi connectivity index (χ1n) is 9.61. The number of aromatic nitrogens is 4. The average Bonchev–Trinajstić information content (AvgIpc) is 3.32. The van der Waals surface area contributed by atoms with E-state index in [4.69, 9.17) is 44.8 Å². The summed E-state index contributed by atoms with van der Waals surface area (Å²) in [6.45, 7) is 1.17. The lowest BCUT2D eigenvalue weighted by Gasteiger charge is -2.16. The van der Waals surface area contributed by atoms with Gasteiger partial charge in [-0.25, -0.2) is 9.97 Å². The van der Waals surface area contributed by atoms with Gasteiger partial charge in [0.1, 0.15) is 29.2 Å². The van der Waals surface area contributed by atoms with Gasteiger partial charge in [-0.1, -0.05) is 34.8 Å². The summed E-state index contributed by atoms with van der Waals surface area (Å²) in [5.41, 5.74) is -1.08. The van der Waals surface area contributed by atoms with E-state index in [9.17, 15) is 18.0 Å². The highest BCUT2D eigenvalue weighted by Crippen LogP contribution is 2.33. The minimum absolute atomic E-state index is 0.124. The molecule has 0 aliphatic rings. The maximum atomic E-state index is 13.4. The topological polar surface area (TPSA) is 106 Å². The van der Waals surface area contributed by atoms with Crippen LogP contribution < -0.4 is 10.1 Å². The Hall–Kier alpha value is -3.33. The van der Waals surface area contributed by atoms with Crippen molar-refractivity contribution in [1.82, 2.24) is 25.1 Å². The molecule has 0 aliphatic carbocycles. The zero-order chi connectivity index (χ0) is 25.8. The van der Waals surface area contributed by atoms with Gasteiger partial charge < -0.3 is 10.1 Å². The number of benzene rings is 1. The van der Waals surface area contributed by atoms with Crippen molar-refractivity contribution in [2.75, 3.05) is 6.61 Å². The van der Waals surface area contributed by atoms with Gasteiger partial charge in [0.2, 0.25) is 0 Å². The minimum Gasteiger partial charge on any atom is -0.488 e. The van der Waals surface area contributed by atoms with Crippen molar-refractivity contribution in [2.24, 2.45) is 0 Å². The van der Waals surface area contributed by atoms with Crippen LogP contribution in [0.4, 0.5) is 13.2 Å². The van der Waals surface area contributed by atoms with Gasteiger partial charge in [0, 0.05) is 11.8 Å². The van der Waals surface area contributed by atoms with E-state index in [0.29, 0.717) is 17.4 Å². The number of nitrogens with one attached hydrogen (secondary N) is 1. The zero-order valence-electron chi connectivity index (χ0n) is 17.6. The molecule has 0 saturated carbocycles. The summed E-state index contributed by atoms with van der Waals surface area (Å²) in [6.07, 6.45) is -2.17. The van der Waals surface area contributed by atoms with Crippen molar-refractivity contribution >= 4 is 40.7 Å². The van der Waals surface area contributed by atoms with Crippen molar-refractivity contribution < 1.29 is 22.7 Å². The molecular formula is C21H14Cl3F3N6O2. The molecule has 2 heterocycles. The van der Waals surface area contributed by atoms with Crippen LogP contribution in [-0.4, -0.2) is 32.3 Å². The second-order valence-corrected chi connectivity index (χ2v) is 8.35. The predicted molar refractivity (Wildman–Crippen MR) is 121 cm³/mol. The van der Waals surface area contributed by atoms with Crippen LogP contribution >= 0.6 is 34.8 Å². The Bertz CT molecular complexity index is 1300. The maximum Gasteiger partial charge on any atom is 0.416 e. The van der Waals surface area contributed by atoms with Crippen LogP contribution in [0, 0.1) is 11.3 Å². The van der Waals surface area contributed by atoms with E-state index < -0.39 is 30.3 Å². The fourth-order valence-corrected chi connectivity index (χ4v) is 2.99. The summed E-state index contributed by atoms with van der Waals surface area (Å²) in [5, 5.41) is 15.4. The van der Waals surface area contributed by atoms with E-state index in [2.05, 4.69) is 20.4 Å². The molecule has 1 aromatic carbocycles. The molecule has 0 radical (unpaired) electrons. The van der Waals surface area contributed by atoms with Crippen LogP contribution in [0.5, 0.6) is 5.75 Å². The Morgan fingerprint density at radius 3 is 2.57 bits per heavy atom. The van der Waals surface area contributed by atoms with Gasteiger partial charge in [0.15, 0.2) is 11.6 Å². The molecule has 0 aliphatic heterocycles. The van der Waals surface area contributed by atoms with Crippen LogP contribution in [0.3, 0.4) is 0 Å². The van der Waals surface area contributed by atoms with E-state index in [1.807, 2.05) is 6.07 Å².